The second kappa shape index (κ2) is 3.89. The summed E-state index contributed by atoms with van der Waals surface area (Å²) in [5, 5.41) is 1.18. The lowest BCUT2D eigenvalue weighted by Crippen LogP contribution is -1.99. The molecule has 78 valence electrons. The SMILES string of the molecule is CCC(=O)Cc1c[nH]c2ccc(C)cc12. The first-order valence-corrected chi connectivity index (χ1v) is 5.29. The number of aromatic amines is 1. The first-order valence-electron chi connectivity index (χ1n) is 5.29. The molecule has 0 bridgehead atoms. The number of aromatic nitrogens is 1. The van der Waals surface area contributed by atoms with Gasteiger partial charge in [0.2, 0.25) is 0 Å². The molecule has 0 saturated carbocycles. The molecule has 0 radical (unpaired) electrons. The number of carbonyl (C=O) groups excluding carboxylic acids is 1. The lowest BCUT2D eigenvalue weighted by molar-refractivity contribution is -0.118. The van der Waals surface area contributed by atoms with E-state index in [1.807, 2.05) is 13.1 Å². The molecule has 15 heavy (non-hydrogen) atoms. The number of nitrogens with one attached hydrogen (secondary N) is 1. The number of aryl methyl sites for hydroxylation is 1. The van der Waals surface area contributed by atoms with Crippen molar-refractivity contribution in [2.24, 2.45) is 0 Å². The van der Waals surface area contributed by atoms with Gasteiger partial charge in [-0.3, -0.25) is 4.79 Å². The molecule has 0 fully saturated rings. The summed E-state index contributed by atoms with van der Waals surface area (Å²) in [5.74, 6) is 0.289. The Bertz CT molecular complexity index is 496. The van der Waals surface area contributed by atoms with E-state index in [2.05, 4.69) is 30.1 Å². The maximum absolute atomic E-state index is 11.4. The number of ketones is 1. The van der Waals surface area contributed by atoms with E-state index in [0.29, 0.717) is 12.8 Å². The van der Waals surface area contributed by atoms with Crippen LogP contribution < -0.4 is 0 Å². The molecular weight excluding hydrogens is 186 g/mol. The quantitative estimate of drug-likeness (QED) is 0.813. The van der Waals surface area contributed by atoms with Crippen molar-refractivity contribution in [1.29, 1.82) is 0 Å². The number of Topliss-reactive ketones (excluding diaryl/α,β-unsaturated/α-hetero) is 1. The van der Waals surface area contributed by atoms with Crippen LogP contribution in [0.3, 0.4) is 0 Å². The first-order chi connectivity index (χ1) is 7.20. The topological polar surface area (TPSA) is 32.9 Å². The molecule has 2 aromatic rings. The van der Waals surface area contributed by atoms with Gasteiger partial charge in [0.1, 0.15) is 5.78 Å². The van der Waals surface area contributed by atoms with Crippen molar-refractivity contribution in [3.63, 3.8) is 0 Å². The van der Waals surface area contributed by atoms with E-state index in [-0.39, 0.29) is 5.78 Å². The van der Waals surface area contributed by atoms with E-state index < -0.39 is 0 Å². The number of H-pyrrole nitrogens is 1. The van der Waals surface area contributed by atoms with Crippen molar-refractivity contribution in [3.8, 4) is 0 Å². The number of carbonyl (C=O) groups is 1. The van der Waals surface area contributed by atoms with Crippen LogP contribution in [0.2, 0.25) is 0 Å². The van der Waals surface area contributed by atoms with Gasteiger partial charge in [0.15, 0.2) is 0 Å². The fourth-order valence-corrected chi connectivity index (χ4v) is 1.78. The molecule has 1 aromatic carbocycles. The molecule has 0 saturated heterocycles. The van der Waals surface area contributed by atoms with Crippen LogP contribution in [-0.2, 0) is 11.2 Å². The Hall–Kier alpha value is -1.57. The fourth-order valence-electron chi connectivity index (χ4n) is 1.78. The molecule has 0 aliphatic rings. The molecule has 0 aliphatic heterocycles. The molecule has 0 atom stereocenters. The average Bonchev–Trinajstić information content (AvgIpc) is 2.61. The van der Waals surface area contributed by atoms with Crippen LogP contribution >= 0.6 is 0 Å². The predicted molar refractivity (Wildman–Crippen MR) is 62.0 cm³/mol. The summed E-state index contributed by atoms with van der Waals surface area (Å²) in [4.78, 5) is 14.6. The highest BCUT2D eigenvalue weighted by molar-refractivity contribution is 5.89. The van der Waals surface area contributed by atoms with Crippen molar-refractivity contribution in [1.82, 2.24) is 4.98 Å². The maximum Gasteiger partial charge on any atom is 0.137 e. The van der Waals surface area contributed by atoms with Gasteiger partial charge in [0, 0.05) is 29.9 Å². The highest BCUT2D eigenvalue weighted by atomic mass is 16.1. The van der Waals surface area contributed by atoms with Gasteiger partial charge in [-0.1, -0.05) is 18.6 Å². The van der Waals surface area contributed by atoms with Crippen molar-refractivity contribution in [2.45, 2.75) is 26.7 Å². The van der Waals surface area contributed by atoms with Gasteiger partial charge < -0.3 is 4.98 Å². The summed E-state index contributed by atoms with van der Waals surface area (Å²) in [5.41, 5.74) is 3.45. The third-order valence-electron chi connectivity index (χ3n) is 2.70. The normalized spacial score (nSPS) is 10.8. The highest BCUT2D eigenvalue weighted by Gasteiger charge is 2.07. The molecule has 1 aromatic heterocycles. The fraction of sp³-hybridized carbons (Fsp3) is 0.308. The number of rotatable bonds is 3. The minimum Gasteiger partial charge on any atom is -0.361 e. The summed E-state index contributed by atoms with van der Waals surface area (Å²) >= 11 is 0. The Morgan fingerprint density at radius 2 is 2.20 bits per heavy atom. The Morgan fingerprint density at radius 1 is 1.40 bits per heavy atom. The predicted octanol–water partition coefficient (Wildman–Crippen LogP) is 3.00. The second-order valence-corrected chi connectivity index (χ2v) is 3.93. The summed E-state index contributed by atoms with van der Waals surface area (Å²) in [6, 6.07) is 6.26. The third kappa shape index (κ3) is 1.94. The van der Waals surface area contributed by atoms with E-state index in [9.17, 15) is 4.79 Å². The smallest absolute Gasteiger partial charge is 0.137 e. The van der Waals surface area contributed by atoms with Gasteiger partial charge in [-0.05, 0) is 24.6 Å². The van der Waals surface area contributed by atoms with Crippen LogP contribution in [0.4, 0.5) is 0 Å². The van der Waals surface area contributed by atoms with E-state index in [4.69, 9.17) is 0 Å². The molecule has 1 N–H and O–H groups in total. The number of benzene rings is 1. The summed E-state index contributed by atoms with van der Waals surface area (Å²) in [6.45, 7) is 3.97. The zero-order chi connectivity index (χ0) is 10.8. The number of hydrogen-bond donors (Lipinski definition) is 1. The summed E-state index contributed by atoms with van der Waals surface area (Å²) < 4.78 is 0. The molecule has 2 nitrogen and oxygen atoms in total. The van der Waals surface area contributed by atoms with Crippen LogP contribution in [0.1, 0.15) is 24.5 Å². The van der Waals surface area contributed by atoms with E-state index in [0.717, 1.165) is 11.1 Å². The molecular formula is C13H15NO. The van der Waals surface area contributed by atoms with Crippen molar-refractivity contribution >= 4 is 16.7 Å². The lowest BCUT2D eigenvalue weighted by atomic mass is 10.1. The first kappa shape index (κ1) is 9.97. The van der Waals surface area contributed by atoms with Crippen molar-refractivity contribution in [2.75, 3.05) is 0 Å². The van der Waals surface area contributed by atoms with E-state index in [1.54, 1.807) is 0 Å². The molecule has 0 amide bonds. The van der Waals surface area contributed by atoms with Crippen molar-refractivity contribution in [3.05, 3.63) is 35.5 Å². The Labute approximate surface area is 89.3 Å². The molecule has 1 heterocycles. The molecule has 0 aliphatic carbocycles. The summed E-state index contributed by atoms with van der Waals surface area (Å²) in [7, 11) is 0. The average molecular weight is 201 g/mol. The molecule has 0 unspecified atom stereocenters. The Balaban J connectivity index is 2.43. The monoisotopic (exact) mass is 201 g/mol. The zero-order valence-electron chi connectivity index (χ0n) is 9.13. The molecule has 0 spiro atoms. The van der Waals surface area contributed by atoms with Crippen LogP contribution in [0.5, 0.6) is 0 Å². The van der Waals surface area contributed by atoms with Crippen LogP contribution in [0, 0.1) is 6.92 Å². The van der Waals surface area contributed by atoms with Gasteiger partial charge in [-0.25, -0.2) is 0 Å². The second-order valence-electron chi connectivity index (χ2n) is 3.93. The molecule has 2 heteroatoms. The van der Waals surface area contributed by atoms with Gasteiger partial charge >= 0.3 is 0 Å². The van der Waals surface area contributed by atoms with Gasteiger partial charge in [0.25, 0.3) is 0 Å². The third-order valence-corrected chi connectivity index (χ3v) is 2.70. The summed E-state index contributed by atoms with van der Waals surface area (Å²) in [6.07, 6.45) is 3.09. The van der Waals surface area contributed by atoms with Crippen LogP contribution in [0.15, 0.2) is 24.4 Å². The zero-order valence-corrected chi connectivity index (χ0v) is 9.13. The van der Waals surface area contributed by atoms with Crippen LogP contribution in [0.25, 0.3) is 10.9 Å². The van der Waals surface area contributed by atoms with E-state index >= 15 is 0 Å². The Kier molecular flexibility index (Phi) is 2.58. The van der Waals surface area contributed by atoms with E-state index in [1.165, 1.54) is 10.9 Å². The van der Waals surface area contributed by atoms with Crippen LogP contribution in [-0.4, -0.2) is 10.8 Å². The minimum absolute atomic E-state index is 0.289. The molecule has 2 rings (SSSR count). The maximum atomic E-state index is 11.4. The van der Waals surface area contributed by atoms with Gasteiger partial charge in [-0.2, -0.15) is 0 Å². The highest BCUT2D eigenvalue weighted by Crippen LogP contribution is 2.20. The number of hydrogen-bond acceptors (Lipinski definition) is 1. The Morgan fingerprint density at radius 3 is 2.93 bits per heavy atom. The number of fused-ring (bicyclic) bond motifs is 1. The largest absolute Gasteiger partial charge is 0.361 e. The van der Waals surface area contributed by atoms with Gasteiger partial charge in [0.05, 0.1) is 0 Å². The standard InChI is InChI=1S/C13H15NO/c1-3-11(15)7-10-8-14-13-5-4-9(2)6-12(10)13/h4-6,8,14H,3,7H2,1-2H3. The minimum atomic E-state index is 0.289. The van der Waals surface area contributed by atoms with Crippen molar-refractivity contribution < 1.29 is 4.79 Å². The van der Waals surface area contributed by atoms with Gasteiger partial charge in [-0.15, -0.1) is 0 Å². The lowest BCUT2D eigenvalue weighted by Gasteiger charge is -1.98.